The molecule has 0 spiro atoms. The number of aliphatic hydroxyl groups excluding tert-OH is 1. The topological polar surface area (TPSA) is 61.4 Å². The van der Waals surface area contributed by atoms with E-state index in [4.69, 9.17) is 11.6 Å². The predicted molar refractivity (Wildman–Crippen MR) is 84.3 cm³/mol. The molecule has 0 radical (unpaired) electrons. The smallest absolute Gasteiger partial charge is 0.227 e. The Morgan fingerprint density at radius 1 is 1.35 bits per heavy atom. The lowest BCUT2D eigenvalue weighted by Crippen LogP contribution is -2.24. The zero-order valence-corrected chi connectivity index (χ0v) is 13.0. The Balaban J connectivity index is 2.74. The maximum absolute atomic E-state index is 11.9. The van der Waals surface area contributed by atoms with Crippen LogP contribution >= 0.6 is 11.6 Å². The molecule has 0 heterocycles. The van der Waals surface area contributed by atoms with Gasteiger partial charge < -0.3 is 15.7 Å². The van der Waals surface area contributed by atoms with Crippen LogP contribution in [0.15, 0.2) is 18.2 Å². The van der Waals surface area contributed by atoms with Crippen LogP contribution in [0.25, 0.3) is 0 Å². The van der Waals surface area contributed by atoms with Gasteiger partial charge in [-0.2, -0.15) is 0 Å². The number of carbonyl (C=O) groups excluding carboxylic acids is 1. The van der Waals surface area contributed by atoms with Gasteiger partial charge >= 0.3 is 0 Å². The lowest BCUT2D eigenvalue weighted by Gasteiger charge is -2.16. The summed E-state index contributed by atoms with van der Waals surface area (Å²) in [4.78, 5) is 11.9. The highest BCUT2D eigenvalue weighted by Gasteiger charge is 2.15. The summed E-state index contributed by atoms with van der Waals surface area (Å²) in [5.41, 5.74) is 1.48. The van der Waals surface area contributed by atoms with Gasteiger partial charge in [-0.3, -0.25) is 4.79 Å². The van der Waals surface area contributed by atoms with Crippen molar-refractivity contribution >= 4 is 28.9 Å². The number of hydrogen-bond donors (Lipinski definition) is 3. The zero-order valence-electron chi connectivity index (χ0n) is 12.2. The molecule has 0 aromatic heterocycles. The van der Waals surface area contributed by atoms with E-state index in [0.717, 1.165) is 18.7 Å². The second-order valence-electron chi connectivity index (χ2n) is 5.18. The molecule has 4 nitrogen and oxygen atoms in total. The van der Waals surface area contributed by atoms with Crippen LogP contribution in [0.2, 0.25) is 5.02 Å². The fourth-order valence-electron chi connectivity index (χ4n) is 1.66. The summed E-state index contributed by atoms with van der Waals surface area (Å²) in [6.07, 6.45) is 0.431. The van der Waals surface area contributed by atoms with E-state index in [-0.39, 0.29) is 18.2 Å². The van der Waals surface area contributed by atoms with Crippen LogP contribution in [0.5, 0.6) is 0 Å². The Morgan fingerprint density at radius 2 is 2.05 bits per heavy atom. The highest BCUT2D eigenvalue weighted by molar-refractivity contribution is 6.31. The van der Waals surface area contributed by atoms with Crippen LogP contribution in [-0.4, -0.2) is 23.7 Å². The minimum atomic E-state index is -0.638. The molecule has 1 rings (SSSR count). The SMILES string of the molecule is CCCNc1ccc(Cl)cc1NC(=O)CC(O)C(C)C. The summed E-state index contributed by atoms with van der Waals surface area (Å²) in [5.74, 6) is -0.161. The number of halogens is 1. The molecule has 0 saturated heterocycles. The van der Waals surface area contributed by atoms with Crippen molar-refractivity contribution in [2.75, 3.05) is 17.2 Å². The first-order chi connectivity index (χ1) is 9.43. The normalized spacial score (nSPS) is 12.3. The van der Waals surface area contributed by atoms with Gasteiger partial charge in [-0.05, 0) is 30.5 Å². The van der Waals surface area contributed by atoms with Crippen molar-refractivity contribution in [3.05, 3.63) is 23.2 Å². The largest absolute Gasteiger partial charge is 0.392 e. The number of nitrogens with one attached hydrogen (secondary N) is 2. The summed E-state index contributed by atoms with van der Waals surface area (Å²) in [5, 5.41) is 16.3. The fourth-order valence-corrected chi connectivity index (χ4v) is 1.83. The van der Waals surface area contributed by atoms with E-state index in [9.17, 15) is 9.90 Å². The molecule has 1 amide bonds. The fraction of sp³-hybridized carbons (Fsp3) is 0.533. The number of aliphatic hydroxyl groups is 1. The molecular weight excluding hydrogens is 276 g/mol. The number of rotatable bonds is 7. The Kier molecular flexibility index (Phi) is 6.82. The molecule has 0 aliphatic rings. The molecule has 1 unspecified atom stereocenters. The molecular formula is C15H23ClN2O2. The van der Waals surface area contributed by atoms with Gasteiger partial charge in [-0.25, -0.2) is 0 Å². The lowest BCUT2D eigenvalue weighted by atomic mass is 10.0. The molecule has 1 aromatic carbocycles. The van der Waals surface area contributed by atoms with Gasteiger partial charge in [0.1, 0.15) is 0 Å². The zero-order chi connectivity index (χ0) is 15.1. The number of benzene rings is 1. The third-order valence-electron chi connectivity index (χ3n) is 2.99. The van der Waals surface area contributed by atoms with Crippen molar-refractivity contribution in [3.63, 3.8) is 0 Å². The first kappa shape index (κ1) is 16.8. The molecule has 0 saturated carbocycles. The van der Waals surface area contributed by atoms with Gasteiger partial charge in [0, 0.05) is 11.6 Å². The van der Waals surface area contributed by atoms with Gasteiger partial charge in [0.2, 0.25) is 5.91 Å². The monoisotopic (exact) mass is 298 g/mol. The molecule has 112 valence electrons. The van der Waals surface area contributed by atoms with Crippen molar-refractivity contribution in [2.45, 2.75) is 39.7 Å². The Bertz CT molecular complexity index is 449. The summed E-state index contributed by atoms with van der Waals surface area (Å²) >= 11 is 5.96. The van der Waals surface area contributed by atoms with Crippen molar-refractivity contribution in [1.82, 2.24) is 0 Å². The molecule has 5 heteroatoms. The van der Waals surface area contributed by atoms with Crippen LogP contribution < -0.4 is 10.6 Å². The van der Waals surface area contributed by atoms with Crippen LogP contribution in [0.3, 0.4) is 0 Å². The van der Waals surface area contributed by atoms with E-state index in [1.807, 2.05) is 19.9 Å². The molecule has 0 aliphatic heterocycles. The lowest BCUT2D eigenvalue weighted by molar-refractivity contribution is -0.118. The van der Waals surface area contributed by atoms with E-state index in [0.29, 0.717) is 10.7 Å². The average Bonchev–Trinajstić information content (AvgIpc) is 2.37. The van der Waals surface area contributed by atoms with Gasteiger partial charge in [-0.15, -0.1) is 0 Å². The quantitative estimate of drug-likeness (QED) is 0.722. The van der Waals surface area contributed by atoms with E-state index in [2.05, 4.69) is 17.6 Å². The van der Waals surface area contributed by atoms with Crippen LogP contribution in [-0.2, 0) is 4.79 Å². The van der Waals surface area contributed by atoms with Crippen LogP contribution in [0.1, 0.15) is 33.6 Å². The molecule has 20 heavy (non-hydrogen) atoms. The number of anilines is 2. The minimum absolute atomic E-state index is 0.0535. The first-order valence-corrected chi connectivity index (χ1v) is 7.33. The van der Waals surface area contributed by atoms with Crippen LogP contribution in [0.4, 0.5) is 11.4 Å². The van der Waals surface area contributed by atoms with Gasteiger partial charge in [0.15, 0.2) is 0 Å². The minimum Gasteiger partial charge on any atom is -0.392 e. The second-order valence-corrected chi connectivity index (χ2v) is 5.62. The van der Waals surface area contributed by atoms with Crippen molar-refractivity contribution in [1.29, 1.82) is 0 Å². The summed E-state index contributed by atoms with van der Waals surface area (Å²) in [6.45, 7) is 6.65. The summed E-state index contributed by atoms with van der Waals surface area (Å²) in [7, 11) is 0. The Labute approximate surface area is 125 Å². The number of amides is 1. The molecule has 0 bridgehead atoms. The van der Waals surface area contributed by atoms with Crippen molar-refractivity contribution in [3.8, 4) is 0 Å². The van der Waals surface area contributed by atoms with Crippen LogP contribution in [0, 0.1) is 5.92 Å². The van der Waals surface area contributed by atoms with Crippen molar-refractivity contribution < 1.29 is 9.90 Å². The van der Waals surface area contributed by atoms with E-state index in [1.54, 1.807) is 12.1 Å². The summed E-state index contributed by atoms with van der Waals surface area (Å²) < 4.78 is 0. The Morgan fingerprint density at radius 3 is 2.65 bits per heavy atom. The average molecular weight is 299 g/mol. The Hall–Kier alpha value is -1.26. The number of hydrogen-bond acceptors (Lipinski definition) is 3. The van der Waals surface area contributed by atoms with E-state index < -0.39 is 6.10 Å². The molecule has 1 atom stereocenters. The third-order valence-corrected chi connectivity index (χ3v) is 3.22. The van der Waals surface area contributed by atoms with Crippen molar-refractivity contribution in [2.24, 2.45) is 5.92 Å². The first-order valence-electron chi connectivity index (χ1n) is 6.95. The van der Waals surface area contributed by atoms with Gasteiger partial charge in [0.05, 0.1) is 23.9 Å². The van der Waals surface area contributed by atoms with E-state index >= 15 is 0 Å². The van der Waals surface area contributed by atoms with E-state index in [1.165, 1.54) is 0 Å². The van der Waals surface area contributed by atoms with Gasteiger partial charge in [0.25, 0.3) is 0 Å². The predicted octanol–water partition coefficient (Wildman–Crippen LogP) is 3.51. The molecule has 3 N–H and O–H groups in total. The summed E-state index contributed by atoms with van der Waals surface area (Å²) in [6, 6.07) is 5.32. The second kappa shape index (κ2) is 8.12. The maximum Gasteiger partial charge on any atom is 0.227 e. The third kappa shape index (κ3) is 5.39. The molecule has 0 fully saturated rings. The molecule has 0 aliphatic carbocycles. The van der Waals surface area contributed by atoms with Gasteiger partial charge in [-0.1, -0.05) is 32.4 Å². The number of carbonyl (C=O) groups is 1. The molecule has 1 aromatic rings. The highest BCUT2D eigenvalue weighted by atomic mass is 35.5. The highest BCUT2D eigenvalue weighted by Crippen LogP contribution is 2.26. The maximum atomic E-state index is 11.9. The standard InChI is InChI=1S/C15H23ClN2O2/c1-4-7-17-12-6-5-11(16)8-13(12)18-15(20)9-14(19)10(2)3/h5-6,8,10,14,17,19H,4,7,9H2,1-3H3,(H,18,20).